The maximum Gasteiger partial charge on any atom is 0.179 e. The highest BCUT2D eigenvalue weighted by atomic mass is 35.5. The number of hydrogen-bond donors (Lipinski definition) is 1. The molecule has 0 unspecified atom stereocenters. The number of ketones is 1. The van der Waals surface area contributed by atoms with Crippen LogP contribution in [0, 0.1) is 6.92 Å². The Balaban J connectivity index is 3.27. The van der Waals surface area contributed by atoms with Crippen molar-refractivity contribution in [2.45, 2.75) is 6.92 Å². The summed E-state index contributed by atoms with van der Waals surface area (Å²) < 4.78 is 5.03. The molecule has 0 heterocycles. The second-order valence-corrected chi connectivity index (χ2v) is 3.23. The third-order valence-electron chi connectivity index (χ3n) is 2.02. The van der Waals surface area contributed by atoms with Gasteiger partial charge in [0.05, 0.1) is 13.0 Å². The Hall–Kier alpha value is -1.22. The highest BCUT2D eigenvalue weighted by molar-refractivity contribution is 6.31. The van der Waals surface area contributed by atoms with Crippen LogP contribution in [0.25, 0.3) is 0 Å². The summed E-state index contributed by atoms with van der Waals surface area (Å²) in [5.74, 6) is 0.355. The first-order valence-electron chi connectivity index (χ1n) is 4.13. The first-order chi connectivity index (χ1) is 6.60. The minimum absolute atomic E-state index is 0.0726. The van der Waals surface area contributed by atoms with Crippen LogP contribution in [0.5, 0.6) is 5.75 Å². The number of methoxy groups -OCH3 is 1. The highest BCUT2D eigenvalue weighted by Gasteiger charge is 2.12. The van der Waals surface area contributed by atoms with E-state index in [1.807, 2.05) is 6.92 Å². The lowest BCUT2D eigenvalue weighted by atomic mass is 10.0. The molecule has 0 aliphatic carbocycles. The highest BCUT2D eigenvalue weighted by Crippen LogP contribution is 2.24. The van der Waals surface area contributed by atoms with Crippen molar-refractivity contribution in [1.29, 1.82) is 0 Å². The molecule has 1 rings (SSSR count). The third-order valence-corrected chi connectivity index (χ3v) is 2.26. The van der Waals surface area contributed by atoms with Crippen molar-refractivity contribution in [3.8, 4) is 5.75 Å². The second kappa shape index (κ2) is 4.33. The van der Waals surface area contributed by atoms with Gasteiger partial charge in [-0.25, -0.2) is 0 Å². The van der Waals surface area contributed by atoms with Gasteiger partial charge in [-0.1, -0.05) is 0 Å². The van der Waals surface area contributed by atoms with E-state index in [0.717, 1.165) is 5.56 Å². The second-order valence-electron chi connectivity index (χ2n) is 2.96. The van der Waals surface area contributed by atoms with Gasteiger partial charge in [0.25, 0.3) is 0 Å². The molecular weight excluding hydrogens is 202 g/mol. The van der Waals surface area contributed by atoms with Crippen LogP contribution in [0.3, 0.4) is 0 Å². The summed E-state index contributed by atoms with van der Waals surface area (Å²) >= 11 is 5.46. The Morgan fingerprint density at radius 3 is 2.71 bits per heavy atom. The monoisotopic (exact) mass is 213 g/mol. The van der Waals surface area contributed by atoms with Crippen molar-refractivity contribution in [2.24, 2.45) is 0 Å². The number of benzene rings is 1. The standard InChI is InChI=1S/C10H12ClNO2/c1-6-3-7(14-2)4-8(10(6)12)9(13)5-11/h3-4H,5,12H2,1-2H3. The lowest BCUT2D eigenvalue weighted by molar-refractivity contribution is 0.102. The maximum atomic E-state index is 11.4. The molecule has 0 aromatic heterocycles. The summed E-state index contributed by atoms with van der Waals surface area (Å²) in [7, 11) is 1.54. The largest absolute Gasteiger partial charge is 0.497 e. The van der Waals surface area contributed by atoms with Gasteiger partial charge in [0, 0.05) is 11.3 Å². The molecule has 0 aliphatic rings. The van der Waals surface area contributed by atoms with Gasteiger partial charge in [-0.2, -0.15) is 0 Å². The number of anilines is 1. The van der Waals surface area contributed by atoms with Crippen LogP contribution < -0.4 is 10.5 Å². The molecule has 0 saturated carbocycles. The molecule has 0 aliphatic heterocycles. The van der Waals surface area contributed by atoms with Gasteiger partial charge in [-0.3, -0.25) is 4.79 Å². The molecule has 0 atom stereocenters. The van der Waals surface area contributed by atoms with Crippen LogP contribution in [-0.2, 0) is 0 Å². The predicted molar refractivity (Wildman–Crippen MR) is 57.2 cm³/mol. The Kier molecular flexibility index (Phi) is 3.36. The van der Waals surface area contributed by atoms with Crippen LogP contribution in [0.1, 0.15) is 15.9 Å². The fourth-order valence-corrected chi connectivity index (χ4v) is 1.33. The van der Waals surface area contributed by atoms with Crippen LogP contribution in [-0.4, -0.2) is 18.8 Å². The topological polar surface area (TPSA) is 52.3 Å². The van der Waals surface area contributed by atoms with Crippen LogP contribution in [0.2, 0.25) is 0 Å². The van der Waals surface area contributed by atoms with Gasteiger partial charge in [0.1, 0.15) is 5.75 Å². The van der Waals surface area contributed by atoms with Gasteiger partial charge < -0.3 is 10.5 Å². The van der Waals surface area contributed by atoms with E-state index in [0.29, 0.717) is 17.0 Å². The number of rotatable bonds is 3. The van der Waals surface area contributed by atoms with E-state index >= 15 is 0 Å². The molecule has 2 N–H and O–H groups in total. The van der Waals surface area contributed by atoms with Crippen molar-refractivity contribution in [3.05, 3.63) is 23.3 Å². The quantitative estimate of drug-likeness (QED) is 0.475. The summed E-state index contributed by atoms with van der Waals surface area (Å²) in [5, 5.41) is 0. The lowest BCUT2D eigenvalue weighted by Crippen LogP contribution is -2.07. The zero-order valence-electron chi connectivity index (χ0n) is 8.13. The van der Waals surface area contributed by atoms with Gasteiger partial charge in [0.2, 0.25) is 0 Å². The molecule has 4 heteroatoms. The van der Waals surface area contributed by atoms with Gasteiger partial charge in [-0.05, 0) is 24.6 Å². The number of alkyl halides is 1. The molecule has 0 saturated heterocycles. The fourth-order valence-electron chi connectivity index (χ4n) is 1.19. The number of nitrogens with two attached hydrogens (primary N) is 1. The molecule has 0 fully saturated rings. The molecule has 1 aromatic rings. The molecule has 0 bridgehead atoms. The van der Waals surface area contributed by atoms with Crippen molar-refractivity contribution in [1.82, 2.24) is 0 Å². The van der Waals surface area contributed by atoms with Crippen LogP contribution in [0.4, 0.5) is 5.69 Å². The third kappa shape index (κ3) is 1.99. The SMILES string of the molecule is COc1cc(C)c(N)c(C(=O)CCl)c1. The first-order valence-corrected chi connectivity index (χ1v) is 4.67. The lowest BCUT2D eigenvalue weighted by Gasteiger charge is -2.09. The summed E-state index contributed by atoms with van der Waals surface area (Å²) in [6.45, 7) is 1.82. The number of Topliss-reactive ketones (excluding diaryl/α,β-unsaturated/α-hetero) is 1. The smallest absolute Gasteiger partial charge is 0.179 e. The normalized spacial score (nSPS) is 9.93. The average Bonchev–Trinajstić information content (AvgIpc) is 2.20. The number of hydrogen-bond acceptors (Lipinski definition) is 3. The number of aryl methyl sites for hydroxylation is 1. The minimum atomic E-state index is -0.189. The molecule has 76 valence electrons. The molecule has 0 amide bonds. The molecule has 3 nitrogen and oxygen atoms in total. The number of nitrogen functional groups attached to an aromatic ring is 1. The molecule has 1 aromatic carbocycles. The number of ether oxygens (including phenoxy) is 1. The van der Waals surface area contributed by atoms with Gasteiger partial charge in [0.15, 0.2) is 5.78 Å². The zero-order chi connectivity index (χ0) is 10.7. The molecular formula is C10H12ClNO2. The Morgan fingerprint density at radius 2 is 2.21 bits per heavy atom. The van der Waals surface area contributed by atoms with E-state index in [4.69, 9.17) is 22.1 Å². The molecule has 0 spiro atoms. The Labute approximate surface area is 87.8 Å². The summed E-state index contributed by atoms with van der Waals surface area (Å²) in [4.78, 5) is 11.4. The van der Waals surface area contributed by atoms with E-state index in [9.17, 15) is 4.79 Å². The van der Waals surface area contributed by atoms with Crippen LogP contribution >= 0.6 is 11.6 Å². The Bertz CT molecular complexity index is 363. The summed E-state index contributed by atoms with van der Waals surface area (Å²) in [6.07, 6.45) is 0. The molecule has 14 heavy (non-hydrogen) atoms. The molecule has 0 radical (unpaired) electrons. The fraction of sp³-hybridized carbons (Fsp3) is 0.300. The van der Waals surface area contributed by atoms with E-state index in [1.54, 1.807) is 19.2 Å². The zero-order valence-corrected chi connectivity index (χ0v) is 8.89. The first kappa shape index (κ1) is 10.9. The minimum Gasteiger partial charge on any atom is -0.497 e. The van der Waals surface area contributed by atoms with Gasteiger partial charge in [-0.15, -0.1) is 11.6 Å². The van der Waals surface area contributed by atoms with Crippen molar-refractivity contribution >= 4 is 23.1 Å². The van der Waals surface area contributed by atoms with Crippen molar-refractivity contribution in [2.75, 3.05) is 18.7 Å². The summed E-state index contributed by atoms with van der Waals surface area (Å²) in [6, 6.07) is 3.38. The van der Waals surface area contributed by atoms with E-state index in [-0.39, 0.29) is 11.7 Å². The van der Waals surface area contributed by atoms with E-state index in [2.05, 4.69) is 0 Å². The van der Waals surface area contributed by atoms with E-state index < -0.39 is 0 Å². The number of carbonyl (C=O) groups is 1. The number of halogens is 1. The van der Waals surface area contributed by atoms with Gasteiger partial charge >= 0.3 is 0 Å². The van der Waals surface area contributed by atoms with E-state index in [1.165, 1.54) is 0 Å². The summed E-state index contributed by atoms with van der Waals surface area (Å²) in [5.41, 5.74) is 7.46. The average molecular weight is 214 g/mol. The maximum absolute atomic E-state index is 11.4. The number of carbonyl (C=O) groups excluding carboxylic acids is 1. The Morgan fingerprint density at radius 1 is 1.57 bits per heavy atom. The van der Waals surface area contributed by atoms with Crippen molar-refractivity contribution in [3.63, 3.8) is 0 Å². The van der Waals surface area contributed by atoms with Crippen molar-refractivity contribution < 1.29 is 9.53 Å². The predicted octanol–water partition coefficient (Wildman–Crippen LogP) is 2.01. The van der Waals surface area contributed by atoms with Crippen LogP contribution in [0.15, 0.2) is 12.1 Å².